The Morgan fingerprint density at radius 3 is 2.25 bits per heavy atom. The van der Waals surface area contributed by atoms with Crippen LogP contribution in [-0.4, -0.2) is 24.5 Å². The Morgan fingerprint density at radius 2 is 1.69 bits per heavy atom. The Hall–Kier alpha value is -0.300. The summed E-state index contributed by atoms with van der Waals surface area (Å²) in [6, 6.07) is 0. The Labute approximate surface area is 101 Å². The SMILES string of the molecule is C=CC1CCC(CN2CCC(C)CC2)CC1. The summed E-state index contributed by atoms with van der Waals surface area (Å²) in [5.74, 6) is 2.76. The van der Waals surface area contributed by atoms with Crippen LogP contribution in [0.4, 0.5) is 0 Å². The number of rotatable bonds is 3. The fourth-order valence-electron chi connectivity index (χ4n) is 3.22. The number of allylic oxidation sites excluding steroid dienone is 1. The first-order valence-electron chi connectivity index (χ1n) is 7.13. The van der Waals surface area contributed by atoms with E-state index in [1.54, 1.807) is 0 Å². The number of nitrogens with zero attached hydrogens (tertiary/aromatic N) is 1. The lowest BCUT2D eigenvalue weighted by Crippen LogP contribution is -2.37. The molecule has 1 aliphatic carbocycles. The van der Waals surface area contributed by atoms with E-state index >= 15 is 0 Å². The van der Waals surface area contributed by atoms with Gasteiger partial charge in [-0.1, -0.05) is 13.0 Å². The van der Waals surface area contributed by atoms with E-state index in [-0.39, 0.29) is 0 Å². The van der Waals surface area contributed by atoms with Crippen molar-refractivity contribution in [3.8, 4) is 0 Å². The smallest absolute Gasteiger partial charge is 0.000967 e. The molecule has 1 nitrogen and oxygen atoms in total. The topological polar surface area (TPSA) is 3.24 Å². The van der Waals surface area contributed by atoms with Crippen LogP contribution in [0.25, 0.3) is 0 Å². The average molecular weight is 221 g/mol. The van der Waals surface area contributed by atoms with Gasteiger partial charge in [-0.05, 0) is 69.4 Å². The molecule has 0 N–H and O–H groups in total. The van der Waals surface area contributed by atoms with Gasteiger partial charge in [0.15, 0.2) is 0 Å². The molecule has 16 heavy (non-hydrogen) atoms. The van der Waals surface area contributed by atoms with Crippen molar-refractivity contribution in [2.75, 3.05) is 19.6 Å². The Balaban J connectivity index is 1.68. The van der Waals surface area contributed by atoms with Crippen LogP contribution < -0.4 is 0 Å². The molecule has 0 aromatic rings. The normalized spacial score (nSPS) is 33.8. The predicted molar refractivity (Wildman–Crippen MR) is 70.5 cm³/mol. The van der Waals surface area contributed by atoms with Crippen molar-refractivity contribution in [1.82, 2.24) is 4.90 Å². The molecule has 2 aliphatic rings. The van der Waals surface area contributed by atoms with Crippen molar-refractivity contribution in [2.45, 2.75) is 45.4 Å². The van der Waals surface area contributed by atoms with Crippen LogP contribution in [0, 0.1) is 17.8 Å². The van der Waals surface area contributed by atoms with Crippen LogP contribution in [0.15, 0.2) is 12.7 Å². The molecule has 2 fully saturated rings. The molecule has 2 rings (SSSR count). The van der Waals surface area contributed by atoms with Gasteiger partial charge in [-0.25, -0.2) is 0 Å². The predicted octanol–water partition coefficient (Wildman–Crippen LogP) is 3.71. The van der Waals surface area contributed by atoms with Gasteiger partial charge in [-0.15, -0.1) is 6.58 Å². The number of hydrogen-bond donors (Lipinski definition) is 0. The molecule has 0 unspecified atom stereocenters. The molecule has 1 heterocycles. The van der Waals surface area contributed by atoms with Crippen LogP contribution >= 0.6 is 0 Å². The lowest BCUT2D eigenvalue weighted by Gasteiger charge is -2.35. The zero-order valence-electron chi connectivity index (χ0n) is 10.8. The molecular formula is C15H27N. The fourth-order valence-corrected chi connectivity index (χ4v) is 3.22. The average Bonchev–Trinajstić information content (AvgIpc) is 2.33. The highest BCUT2D eigenvalue weighted by molar-refractivity contribution is 4.85. The minimum Gasteiger partial charge on any atom is -0.303 e. The molecular weight excluding hydrogens is 194 g/mol. The maximum absolute atomic E-state index is 3.92. The summed E-state index contributed by atoms with van der Waals surface area (Å²) in [5.41, 5.74) is 0. The third kappa shape index (κ3) is 3.35. The summed E-state index contributed by atoms with van der Waals surface area (Å²) in [4.78, 5) is 2.71. The minimum atomic E-state index is 0.817. The fraction of sp³-hybridized carbons (Fsp3) is 0.867. The number of likely N-dealkylation sites (tertiary alicyclic amines) is 1. The first-order valence-corrected chi connectivity index (χ1v) is 7.13. The summed E-state index contributed by atoms with van der Waals surface area (Å²) in [7, 11) is 0. The van der Waals surface area contributed by atoms with Crippen molar-refractivity contribution in [1.29, 1.82) is 0 Å². The van der Waals surface area contributed by atoms with E-state index in [4.69, 9.17) is 0 Å². The maximum Gasteiger partial charge on any atom is 0.000967 e. The molecule has 1 saturated carbocycles. The summed E-state index contributed by atoms with van der Waals surface area (Å²) in [6.07, 6.45) is 10.6. The second-order valence-corrected chi connectivity index (χ2v) is 6.00. The quantitative estimate of drug-likeness (QED) is 0.657. The van der Waals surface area contributed by atoms with Gasteiger partial charge in [0.05, 0.1) is 0 Å². The third-order valence-corrected chi connectivity index (χ3v) is 4.62. The molecule has 0 radical (unpaired) electrons. The molecule has 0 aromatic heterocycles. The van der Waals surface area contributed by atoms with E-state index in [1.807, 2.05) is 0 Å². The van der Waals surface area contributed by atoms with Crippen molar-refractivity contribution in [3.63, 3.8) is 0 Å². The van der Waals surface area contributed by atoms with Gasteiger partial charge in [0.1, 0.15) is 0 Å². The highest BCUT2D eigenvalue weighted by Gasteiger charge is 2.23. The molecule has 0 atom stereocenters. The van der Waals surface area contributed by atoms with Gasteiger partial charge in [-0.2, -0.15) is 0 Å². The van der Waals surface area contributed by atoms with Crippen LogP contribution in [0.3, 0.4) is 0 Å². The van der Waals surface area contributed by atoms with Gasteiger partial charge in [0.2, 0.25) is 0 Å². The molecule has 1 aliphatic heterocycles. The molecule has 92 valence electrons. The van der Waals surface area contributed by atoms with Gasteiger partial charge in [0, 0.05) is 6.54 Å². The van der Waals surface area contributed by atoms with Crippen molar-refractivity contribution in [3.05, 3.63) is 12.7 Å². The zero-order chi connectivity index (χ0) is 11.4. The highest BCUT2D eigenvalue weighted by atomic mass is 15.1. The van der Waals surface area contributed by atoms with Crippen LogP contribution in [0.5, 0.6) is 0 Å². The van der Waals surface area contributed by atoms with E-state index in [9.17, 15) is 0 Å². The minimum absolute atomic E-state index is 0.817. The molecule has 1 heteroatoms. The lowest BCUT2D eigenvalue weighted by molar-refractivity contribution is 0.145. The molecule has 0 amide bonds. The van der Waals surface area contributed by atoms with Gasteiger partial charge in [-0.3, -0.25) is 0 Å². The molecule has 0 spiro atoms. The standard InChI is InChI=1S/C15H27N/c1-3-14-4-6-15(7-5-14)12-16-10-8-13(2)9-11-16/h3,13-15H,1,4-12H2,2H3. The Kier molecular flexibility index (Phi) is 4.45. The van der Waals surface area contributed by atoms with Crippen molar-refractivity contribution >= 4 is 0 Å². The monoisotopic (exact) mass is 221 g/mol. The Bertz CT molecular complexity index is 207. The summed E-state index contributed by atoms with van der Waals surface area (Å²) in [5, 5.41) is 0. The van der Waals surface area contributed by atoms with E-state index in [0.29, 0.717) is 0 Å². The largest absolute Gasteiger partial charge is 0.303 e. The first-order chi connectivity index (χ1) is 7.78. The highest BCUT2D eigenvalue weighted by Crippen LogP contribution is 2.30. The summed E-state index contributed by atoms with van der Waals surface area (Å²) >= 11 is 0. The number of piperidine rings is 1. The van der Waals surface area contributed by atoms with Gasteiger partial charge < -0.3 is 4.90 Å². The molecule has 0 aromatic carbocycles. The molecule has 1 saturated heterocycles. The lowest BCUT2D eigenvalue weighted by atomic mass is 9.81. The second-order valence-electron chi connectivity index (χ2n) is 6.00. The van der Waals surface area contributed by atoms with E-state index in [0.717, 1.165) is 17.8 Å². The van der Waals surface area contributed by atoms with Gasteiger partial charge in [0.25, 0.3) is 0 Å². The van der Waals surface area contributed by atoms with E-state index in [2.05, 4.69) is 24.5 Å². The van der Waals surface area contributed by atoms with Crippen LogP contribution in [0.1, 0.15) is 45.4 Å². The molecule has 0 bridgehead atoms. The summed E-state index contributed by atoms with van der Waals surface area (Å²) in [6.45, 7) is 10.4. The van der Waals surface area contributed by atoms with Crippen molar-refractivity contribution < 1.29 is 0 Å². The maximum atomic E-state index is 3.92. The van der Waals surface area contributed by atoms with Gasteiger partial charge >= 0.3 is 0 Å². The van der Waals surface area contributed by atoms with Crippen LogP contribution in [0.2, 0.25) is 0 Å². The summed E-state index contributed by atoms with van der Waals surface area (Å²) < 4.78 is 0. The van der Waals surface area contributed by atoms with E-state index in [1.165, 1.54) is 58.2 Å². The Morgan fingerprint density at radius 1 is 1.06 bits per heavy atom. The first kappa shape index (κ1) is 12.2. The zero-order valence-corrected chi connectivity index (χ0v) is 10.8. The third-order valence-electron chi connectivity index (χ3n) is 4.62. The van der Waals surface area contributed by atoms with Crippen molar-refractivity contribution in [2.24, 2.45) is 17.8 Å². The second kappa shape index (κ2) is 5.86. The number of hydrogen-bond acceptors (Lipinski definition) is 1. The van der Waals surface area contributed by atoms with Crippen LogP contribution in [-0.2, 0) is 0 Å². The van der Waals surface area contributed by atoms with E-state index < -0.39 is 0 Å².